The monoisotopic (exact) mass is 364 g/mol. The van der Waals surface area contributed by atoms with Gasteiger partial charge in [0.25, 0.3) is 0 Å². The molecule has 1 saturated carbocycles. The third-order valence-electron chi connectivity index (χ3n) is 4.21. The van der Waals surface area contributed by atoms with Crippen molar-refractivity contribution < 1.29 is 4.79 Å². The van der Waals surface area contributed by atoms with Gasteiger partial charge in [0.2, 0.25) is 0 Å². The molecule has 1 fully saturated rings. The zero-order valence-electron chi connectivity index (χ0n) is 9.73. The Hall–Kier alpha value is 0.330. The summed E-state index contributed by atoms with van der Waals surface area (Å²) in [5.41, 5.74) is 1.04. The Kier molecular flexibility index (Phi) is 2.92. The second-order valence-electron chi connectivity index (χ2n) is 5.48. The highest BCUT2D eigenvalue weighted by Gasteiger charge is 2.68. The Bertz CT molecular complexity index is 446. The molecule has 16 heavy (non-hydrogen) atoms. The van der Waals surface area contributed by atoms with Crippen LogP contribution in [0.25, 0.3) is 0 Å². The van der Waals surface area contributed by atoms with Crippen LogP contribution in [0.15, 0.2) is 13.6 Å². The topological polar surface area (TPSA) is 17.1 Å². The van der Waals surface area contributed by atoms with E-state index in [1.54, 1.807) is 11.3 Å². The van der Waals surface area contributed by atoms with Gasteiger partial charge in [-0.15, -0.1) is 11.3 Å². The summed E-state index contributed by atoms with van der Waals surface area (Å²) in [6, 6.07) is 1.92. The standard InChI is InChI=1S/C12H14Br2OS/c1-11(2)9(12(11,3)4)8(15)6-5-7(13)16-10(6)14/h5,9H,1-4H3. The maximum Gasteiger partial charge on any atom is 0.169 e. The van der Waals surface area contributed by atoms with E-state index in [1.807, 2.05) is 6.07 Å². The molecule has 1 aliphatic carbocycles. The molecule has 0 bridgehead atoms. The molecule has 0 spiro atoms. The molecule has 1 aliphatic rings. The van der Waals surface area contributed by atoms with Gasteiger partial charge in [0.15, 0.2) is 5.78 Å². The maximum atomic E-state index is 12.4. The molecule has 0 amide bonds. The van der Waals surface area contributed by atoms with Crippen LogP contribution in [-0.4, -0.2) is 5.78 Å². The third-order valence-corrected chi connectivity index (χ3v) is 6.54. The minimum absolute atomic E-state index is 0.109. The first-order chi connectivity index (χ1) is 7.19. The summed E-state index contributed by atoms with van der Waals surface area (Å²) in [6.07, 6.45) is 0. The first-order valence-corrected chi connectivity index (χ1v) is 7.59. The highest BCUT2D eigenvalue weighted by molar-refractivity contribution is 9.12. The predicted octanol–water partition coefficient (Wildman–Crippen LogP) is 5.14. The van der Waals surface area contributed by atoms with E-state index in [0.717, 1.165) is 13.1 Å². The molecule has 0 aromatic carbocycles. The van der Waals surface area contributed by atoms with Gasteiger partial charge in [0.1, 0.15) is 0 Å². The van der Waals surface area contributed by atoms with Gasteiger partial charge >= 0.3 is 0 Å². The van der Waals surface area contributed by atoms with E-state index in [-0.39, 0.29) is 22.5 Å². The Balaban J connectivity index is 2.33. The van der Waals surface area contributed by atoms with Crippen molar-refractivity contribution in [3.8, 4) is 0 Å². The van der Waals surface area contributed by atoms with Gasteiger partial charge in [-0.2, -0.15) is 0 Å². The van der Waals surface area contributed by atoms with E-state index in [9.17, 15) is 4.79 Å². The van der Waals surface area contributed by atoms with Crippen molar-refractivity contribution in [2.24, 2.45) is 16.7 Å². The molecule has 1 nitrogen and oxygen atoms in total. The lowest BCUT2D eigenvalue weighted by Gasteiger charge is -2.03. The largest absolute Gasteiger partial charge is 0.294 e. The number of rotatable bonds is 2. The quantitative estimate of drug-likeness (QED) is 0.663. The Morgan fingerprint density at radius 1 is 1.25 bits per heavy atom. The van der Waals surface area contributed by atoms with E-state index < -0.39 is 0 Å². The fourth-order valence-corrected chi connectivity index (χ4v) is 5.33. The number of ketones is 1. The molecule has 0 N–H and O–H groups in total. The molecule has 0 aliphatic heterocycles. The molecule has 2 rings (SSSR count). The third kappa shape index (κ3) is 1.65. The molecule has 4 heteroatoms. The summed E-state index contributed by atoms with van der Waals surface area (Å²) in [6.45, 7) is 8.69. The van der Waals surface area contributed by atoms with Crippen LogP contribution in [0.2, 0.25) is 0 Å². The van der Waals surface area contributed by atoms with E-state index in [0.29, 0.717) is 0 Å². The Labute approximate surface area is 117 Å². The van der Waals surface area contributed by atoms with E-state index in [1.165, 1.54) is 0 Å². The number of thiophene rings is 1. The number of hydrogen-bond donors (Lipinski definition) is 0. The molecule has 1 heterocycles. The van der Waals surface area contributed by atoms with Crippen molar-refractivity contribution in [2.75, 3.05) is 0 Å². The molecule has 1 aromatic heterocycles. The molecule has 0 unspecified atom stereocenters. The van der Waals surface area contributed by atoms with Crippen LogP contribution >= 0.6 is 43.2 Å². The van der Waals surface area contributed by atoms with E-state index in [4.69, 9.17) is 0 Å². The first kappa shape index (κ1) is 12.8. The number of carbonyl (C=O) groups is 1. The highest BCUT2D eigenvalue weighted by Crippen LogP contribution is 2.69. The lowest BCUT2D eigenvalue weighted by atomic mass is 10.0. The van der Waals surface area contributed by atoms with Crippen LogP contribution in [0.1, 0.15) is 38.1 Å². The zero-order chi connectivity index (χ0) is 12.3. The fraction of sp³-hybridized carbons (Fsp3) is 0.583. The minimum Gasteiger partial charge on any atom is -0.294 e. The maximum absolute atomic E-state index is 12.4. The smallest absolute Gasteiger partial charge is 0.169 e. The number of halogens is 2. The SMILES string of the molecule is CC1(C)C(C(=O)c2cc(Br)sc2Br)C1(C)C. The summed E-state index contributed by atoms with van der Waals surface area (Å²) in [4.78, 5) is 12.4. The van der Waals surface area contributed by atoms with Gasteiger partial charge < -0.3 is 0 Å². The van der Waals surface area contributed by atoms with Crippen molar-refractivity contribution in [3.05, 3.63) is 19.2 Å². The van der Waals surface area contributed by atoms with Crippen molar-refractivity contribution in [2.45, 2.75) is 27.7 Å². The molecule has 0 atom stereocenters. The summed E-state index contributed by atoms with van der Waals surface area (Å²) < 4.78 is 1.93. The lowest BCUT2D eigenvalue weighted by molar-refractivity contribution is 0.0945. The molecule has 1 aromatic rings. The van der Waals surface area contributed by atoms with Crippen molar-refractivity contribution in [3.63, 3.8) is 0 Å². The lowest BCUT2D eigenvalue weighted by Crippen LogP contribution is -2.06. The van der Waals surface area contributed by atoms with Gasteiger partial charge in [0.05, 0.1) is 7.57 Å². The highest BCUT2D eigenvalue weighted by atomic mass is 79.9. The van der Waals surface area contributed by atoms with Gasteiger partial charge in [0, 0.05) is 11.5 Å². The van der Waals surface area contributed by atoms with Gasteiger partial charge in [-0.25, -0.2) is 0 Å². The van der Waals surface area contributed by atoms with Crippen LogP contribution in [-0.2, 0) is 0 Å². The Morgan fingerprint density at radius 3 is 2.06 bits per heavy atom. The van der Waals surface area contributed by atoms with Crippen LogP contribution < -0.4 is 0 Å². The number of carbonyl (C=O) groups excluding carboxylic acids is 1. The van der Waals surface area contributed by atoms with Gasteiger partial charge in [-0.3, -0.25) is 4.79 Å². The summed E-state index contributed by atoms with van der Waals surface area (Å²) in [5, 5.41) is 0. The summed E-state index contributed by atoms with van der Waals surface area (Å²) in [5.74, 6) is 0.404. The fourth-order valence-electron chi connectivity index (χ4n) is 2.52. The van der Waals surface area contributed by atoms with Crippen LogP contribution in [0.3, 0.4) is 0 Å². The predicted molar refractivity (Wildman–Crippen MR) is 75.1 cm³/mol. The molecular weight excluding hydrogens is 352 g/mol. The van der Waals surface area contributed by atoms with Crippen molar-refractivity contribution in [1.82, 2.24) is 0 Å². The molecule has 0 radical (unpaired) electrons. The van der Waals surface area contributed by atoms with Crippen LogP contribution in [0.5, 0.6) is 0 Å². The Morgan fingerprint density at radius 2 is 1.75 bits per heavy atom. The molecule has 88 valence electrons. The van der Waals surface area contributed by atoms with Crippen molar-refractivity contribution >= 4 is 49.0 Å². The van der Waals surface area contributed by atoms with E-state index in [2.05, 4.69) is 59.6 Å². The second kappa shape index (κ2) is 3.66. The average molecular weight is 366 g/mol. The average Bonchev–Trinajstić information content (AvgIpc) is 2.37. The van der Waals surface area contributed by atoms with E-state index >= 15 is 0 Å². The second-order valence-corrected chi connectivity index (χ2v) is 9.23. The first-order valence-electron chi connectivity index (χ1n) is 5.18. The van der Waals surface area contributed by atoms with Crippen LogP contribution in [0, 0.1) is 16.7 Å². The zero-order valence-corrected chi connectivity index (χ0v) is 13.7. The summed E-state index contributed by atoms with van der Waals surface area (Å²) >= 11 is 8.43. The van der Waals surface area contributed by atoms with Gasteiger partial charge in [-0.05, 0) is 48.8 Å². The molecule has 0 saturated heterocycles. The number of hydrogen-bond acceptors (Lipinski definition) is 2. The van der Waals surface area contributed by atoms with Crippen molar-refractivity contribution in [1.29, 1.82) is 0 Å². The minimum atomic E-state index is 0.109. The van der Waals surface area contributed by atoms with Crippen LogP contribution in [0.4, 0.5) is 0 Å². The molecular formula is C12H14Br2OS. The number of Topliss-reactive ketones (excluding diaryl/α,β-unsaturated/α-hetero) is 1. The normalized spacial score (nSPS) is 22.1. The van der Waals surface area contributed by atoms with Gasteiger partial charge in [-0.1, -0.05) is 27.7 Å². The summed E-state index contributed by atoms with van der Waals surface area (Å²) in [7, 11) is 0.